The van der Waals surface area contributed by atoms with E-state index >= 15 is 0 Å². The smallest absolute Gasteiger partial charge is 0.272 e. The summed E-state index contributed by atoms with van der Waals surface area (Å²) < 4.78 is 0. The Labute approximate surface area is 125 Å². The van der Waals surface area contributed by atoms with Crippen molar-refractivity contribution in [3.63, 3.8) is 0 Å². The number of carbonyl (C=O) groups is 1. The second kappa shape index (κ2) is 5.19. The van der Waals surface area contributed by atoms with Crippen molar-refractivity contribution in [1.82, 2.24) is 4.98 Å². The van der Waals surface area contributed by atoms with Gasteiger partial charge in [0.15, 0.2) is 0 Å². The molecule has 3 aromatic rings. The molecule has 0 bridgehead atoms. The maximum atomic E-state index is 12.2. The number of aromatic nitrogens is 1. The fourth-order valence-electron chi connectivity index (χ4n) is 1.97. The molecule has 0 fully saturated rings. The van der Waals surface area contributed by atoms with E-state index < -0.39 is 0 Å². The summed E-state index contributed by atoms with van der Waals surface area (Å²) in [6.45, 7) is 0. The van der Waals surface area contributed by atoms with Gasteiger partial charge in [-0.2, -0.15) is 0 Å². The second-order valence-electron chi connectivity index (χ2n) is 4.35. The number of rotatable bonds is 2. The zero-order chi connectivity index (χ0) is 14.1. The number of hydrogen-bond donors (Lipinski definition) is 2. The predicted octanol–water partition coefficient (Wildman–Crippen LogP) is 4.73. The minimum absolute atomic E-state index is 0.245. The number of halogens is 2. The molecule has 0 spiro atoms. The van der Waals surface area contributed by atoms with Gasteiger partial charge in [0.25, 0.3) is 5.91 Å². The van der Waals surface area contributed by atoms with E-state index in [1.807, 2.05) is 18.2 Å². The zero-order valence-corrected chi connectivity index (χ0v) is 11.8. The van der Waals surface area contributed by atoms with Crippen LogP contribution in [0, 0.1) is 0 Å². The van der Waals surface area contributed by atoms with Gasteiger partial charge in [-0.25, -0.2) is 0 Å². The summed E-state index contributed by atoms with van der Waals surface area (Å²) in [4.78, 5) is 15.2. The van der Waals surface area contributed by atoms with Crippen LogP contribution < -0.4 is 5.32 Å². The molecule has 20 heavy (non-hydrogen) atoms. The first-order valence-corrected chi connectivity index (χ1v) is 6.73. The lowest BCUT2D eigenvalue weighted by Crippen LogP contribution is -2.12. The number of amides is 1. The fraction of sp³-hybridized carbons (Fsp3) is 0. The number of carbonyl (C=O) groups excluding carboxylic acids is 1. The number of benzene rings is 2. The van der Waals surface area contributed by atoms with Crippen LogP contribution >= 0.6 is 23.2 Å². The average molecular weight is 305 g/mol. The van der Waals surface area contributed by atoms with Gasteiger partial charge in [-0.1, -0.05) is 41.4 Å². The van der Waals surface area contributed by atoms with Gasteiger partial charge in [0.1, 0.15) is 5.69 Å². The number of fused-ring (bicyclic) bond motifs is 1. The average Bonchev–Trinajstić information content (AvgIpc) is 2.84. The molecule has 3 rings (SSSR count). The predicted molar refractivity (Wildman–Crippen MR) is 82.7 cm³/mol. The SMILES string of the molecule is O=C(Nc1ccccc1Cl)c1cc2ccc(Cl)cc2[nH]1. The summed E-state index contributed by atoms with van der Waals surface area (Å²) >= 11 is 11.9. The number of aromatic amines is 1. The van der Waals surface area contributed by atoms with Crippen molar-refractivity contribution < 1.29 is 4.79 Å². The van der Waals surface area contributed by atoms with Crippen LogP contribution in [0.5, 0.6) is 0 Å². The normalized spacial score (nSPS) is 10.7. The summed E-state index contributed by atoms with van der Waals surface area (Å²) in [6.07, 6.45) is 0. The lowest BCUT2D eigenvalue weighted by atomic mass is 10.2. The van der Waals surface area contributed by atoms with Gasteiger partial charge in [-0.05, 0) is 30.3 Å². The van der Waals surface area contributed by atoms with Crippen LogP contribution in [0.25, 0.3) is 10.9 Å². The largest absolute Gasteiger partial charge is 0.350 e. The first-order valence-electron chi connectivity index (χ1n) is 5.97. The highest BCUT2D eigenvalue weighted by molar-refractivity contribution is 6.34. The number of para-hydroxylation sites is 1. The molecule has 2 N–H and O–H groups in total. The number of H-pyrrole nitrogens is 1. The Kier molecular flexibility index (Phi) is 3.38. The van der Waals surface area contributed by atoms with Crippen molar-refractivity contribution in [2.45, 2.75) is 0 Å². The molecule has 1 heterocycles. The summed E-state index contributed by atoms with van der Waals surface area (Å²) in [5, 5.41) is 4.82. The maximum Gasteiger partial charge on any atom is 0.272 e. The van der Waals surface area contributed by atoms with Gasteiger partial charge >= 0.3 is 0 Å². The molecule has 0 aliphatic rings. The lowest BCUT2D eigenvalue weighted by Gasteiger charge is -2.05. The first kappa shape index (κ1) is 13.0. The van der Waals surface area contributed by atoms with Crippen LogP contribution in [-0.2, 0) is 0 Å². The highest BCUT2D eigenvalue weighted by Crippen LogP contribution is 2.23. The molecule has 0 saturated heterocycles. The van der Waals surface area contributed by atoms with Crippen molar-refractivity contribution in [2.75, 3.05) is 5.32 Å². The summed E-state index contributed by atoms with van der Waals surface area (Å²) in [5.74, 6) is -0.245. The van der Waals surface area contributed by atoms with E-state index in [0.717, 1.165) is 10.9 Å². The van der Waals surface area contributed by atoms with Gasteiger partial charge < -0.3 is 10.3 Å². The minimum Gasteiger partial charge on any atom is -0.350 e. The molecule has 0 aliphatic carbocycles. The Balaban J connectivity index is 1.91. The van der Waals surface area contributed by atoms with E-state index in [-0.39, 0.29) is 5.91 Å². The molecule has 5 heteroatoms. The van der Waals surface area contributed by atoms with Gasteiger partial charge in [-0.3, -0.25) is 4.79 Å². The van der Waals surface area contributed by atoms with E-state index in [9.17, 15) is 4.79 Å². The molecule has 100 valence electrons. The molecule has 3 nitrogen and oxygen atoms in total. The Morgan fingerprint density at radius 1 is 1.05 bits per heavy atom. The standard InChI is InChI=1S/C15H10Cl2N2O/c16-10-6-5-9-7-14(18-13(9)8-10)15(20)19-12-4-2-1-3-11(12)17/h1-8,18H,(H,19,20). The number of nitrogens with one attached hydrogen (secondary N) is 2. The molecule has 0 saturated carbocycles. The topological polar surface area (TPSA) is 44.9 Å². The van der Waals surface area contributed by atoms with E-state index in [1.54, 1.807) is 30.3 Å². The van der Waals surface area contributed by atoms with Crippen LogP contribution in [0.1, 0.15) is 10.5 Å². The highest BCUT2D eigenvalue weighted by atomic mass is 35.5. The second-order valence-corrected chi connectivity index (χ2v) is 5.19. The molecule has 1 amide bonds. The van der Waals surface area contributed by atoms with E-state index in [2.05, 4.69) is 10.3 Å². The van der Waals surface area contributed by atoms with Crippen LogP contribution in [0.4, 0.5) is 5.69 Å². The Bertz CT molecular complexity index is 795. The van der Waals surface area contributed by atoms with Gasteiger partial charge in [-0.15, -0.1) is 0 Å². The number of hydrogen-bond acceptors (Lipinski definition) is 1. The van der Waals surface area contributed by atoms with Crippen molar-refractivity contribution in [2.24, 2.45) is 0 Å². The Hall–Kier alpha value is -1.97. The molecule has 2 aromatic carbocycles. The number of anilines is 1. The highest BCUT2D eigenvalue weighted by Gasteiger charge is 2.11. The summed E-state index contributed by atoms with van der Waals surface area (Å²) in [5.41, 5.74) is 1.86. The summed E-state index contributed by atoms with van der Waals surface area (Å²) in [7, 11) is 0. The van der Waals surface area contributed by atoms with Crippen molar-refractivity contribution >= 4 is 45.7 Å². The third-order valence-corrected chi connectivity index (χ3v) is 3.52. The fourth-order valence-corrected chi connectivity index (χ4v) is 2.33. The molecule has 1 aromatic heterocycles. The van der Waals surface area contributed by atoms with Crippen LogP contribution in [0.3, 0.4) is 0 Å². The van der Waals surface area contributed by atoms with Gasteiger partial charge in [0.2, 0.25) is 0 Å². The summed E-state index contributed by atoms with van der Waals surface area (Å²) in [6, 6.07) is 14.3. The Morgan fingerprint density at radius 3 is 2.65 bits per heavy atom. The maximum absolute atomic E-state index is 12.2. The van der Waals surface area contributed by atoms with E-state index in [1.165, 1.54) is 0 Å². The van der Waals surface area contributed by atoms with Crippen molar-refractivity contribution in [3.05, 3.63) is 64.3 Å². The van der Waals surface area contributed by atoms with Crippen LogP contribution in [-0.4, -0.2) is 10.9 Å². The van der Waals surface area contributed by atoms with E-state index in [4.69, 9.17) is 23.2 Å². The Morgan fingerprint density at radius 2 is 1.85 bits per heavy atom. The van der Waals surface area contributed by atoms with Crippen molar-refractivity contribution in [1.29, 1.82) is 0 Å². The molecular weight excluding hydrogens is 295 g/mol. The van der Waals surface area contributed by atoms with Crippen molar-refractivity contribution in [3.8, 4) is 0 Å². The molecule has 0 aliphatic heterocycles. The molecule has 0 radical (unpaired) electrons. The molecule has 0 unspecified atom stereocenters. The third-order valence-electron chi connectivity index (χ3n) is 2.95. The third kappa shape index (κ3) is 2.50. The molecular formula is C15H10Cl2N2O. The quantitative estimate of drug-likeness (QED) is 0.706. The first-order chi connectivity index (χ1) is 9.63. The van der Waals surface area contributed by atoms with Crippen LogP contribution in [0.2, 0.25) is 10.0 Å². The van der Waals surface area contributed by atoms with Crippen LogP contribution in [0.15, 0.2) is 48.5 Å². The lowest BCUT2D eigenvalue weighted by molar-refractivity contribution is 0.102. The minimum atomic E-state index is -0.245. The van der Waals surface area contributed by atoms with Gasteiger partial charge in [0, 0.05) is 15.9 Å². The zero-order valence-electron chi connectivity index (χ0n) is 10.3. The van der Waals surface area contributed by atoms with E-state index in [0.29, 0.717) is 21.4 Å². The van der Waals surface area contributed by atoms with Gasteiger partial charge in [0.05, 0.1) is 10.7 Å². The molecule has 0 atom stereocenters. The monoisotopic (exact) mass is 304 g/mol.